The van der Waals surface area contributed by atoms with Gasteiger partial charge in [-0.05, 0) is 36.8 Å². The van der Waals surface area contributed by atoms with Crippen LogP contribution in [0.4, 0.5) is 5.69 Å². The number of nitrogens with zero attached hydrogens (tertiary/aromatic N) is 2. The average molecular weight is 427 g/mol. The molecule has 8 heteroatoms. The topological polar surface area (TPSA) is 93.1 Å². The molecule has 0 saturated carbocycles. The number of benzene rings is 2. The van der Waals surface area contributed by atoms with Crippen LogP contribution in [-0.4, -0.2) is 27.9 Å². The van der Waals surface area contributed by atoms with Gasteiger partial charge in [-0.25, -0.2) is 4.98 Å². The van der Waals surface area contributed by atoms with E-state index in [2.05, 4.69) is 15.6 Å². The van der Waals surface area contributed by atoms with Gasteiger partial charge in [0.05, 0.1) is 11.0 Å². The standard InChI is InChI=1S/C22H23ClN4O3/c1-2-12-24-20(28)11-10-18-22(30)27(19-9-4-3-8-17(19)26-18)14-21(29)25-16-7-5-6-15(23)13-16/h3-9,13H,2,10-12,14H2,1H3,(H,24,28)(H,25,29). The van der Waals surface area contributed by atoms with Crippen molar-refractivity contribution in [3.05, 3.63) is 69.6 Å². The third-order valence-electron chi connectivity index (χ3n) is 4.49. The fourth-order valence-corrected chi connectivity index (χ4v) is 3.25. The zero-order valence-electron chi connectivity index (χ0n) is 16.7. The molecule has 3 rings (SSSR count). The number of para-hydroxylation sites is 2. The number of carbonyl (C=O) groups excluding carboxylic acids is 2. The van der Waals surface area contributed by atoms with Gasteiger partial charge in [0.25, 0.3) is 5.56 Å². The molecule has 0 aliphatic carbocycles. The first-order chi connectivity index (χ1) is 14.5. The lowest BCUT2D eigenvalue weighted by Gasteiger charge is -2.13. The van der Waals surface area contributed by atoms with E-state index in [0.29, 0.717) is 28.3 Å². The number of hydrogen-bond donors (Lipinski definition) is 2. The van der Waals surface area contributed by atoms with Crippen LogP contribution in [0.5, 0.6) is 0 Å². The predicted octanol–water partition coefficient (Wildman–Crippen LogP) is 3.15. The Morgan fingerprint density at radius 1 is 1.10 bits per heavy atom. The quantitative estimate of drug-likeness (QED) is 0.578. The average Bonchev–Trinajstić information content (AvgIpc) is 2.73. The van der Waals surface area contributed by atoms with E-state index in [1.165, 1.54) is 4.57 Å². The van der Waals surface area contributed by atoms with E-state index in [4.69, 9.17) is 11.6 Å². The molecular weight excluding hydrogens is 404 g/mol. The van der Waals surface area contributed by atoms with E-state index in [-0.39, 0.29) is 42.5 Å². The summed E-state index contributed by atoms with van der Waals surface area (Å²) in [6, 6.07) is 13.9. The first kappa shape index (κ1) is 21.5. The molecule has 3 aromatic rings. The van der Waals surface area contributed by atoms with Crippen molar-refractivity contribution in [1.29, 1.82) is 0 Å². The van der Waals surface area contributed by atoms with Gasteiger partial charge in [-0.3, -0.25) is 19.0 Å². The van der Waals surface area contributed by atoms with Crippen LogP contribution in [0.25, 0.3) is 11.0 Å². The number of aryl methyl sites for hydroxylation is 1. The molecule has 0 aliphatic rings. The van der Waals surface area contributed by atoms with Crippen LogP contribution in [0.2, 0.25) is 5.02 Å². The molecule has 0 atom stereocenters. The van der Waals surface area contributed by atoms with Gasteiger partial charge in [-0.1, -0.05) is 36.7 Å². The second-order valence-corrected chi connectivity index (χ2v) is 7.28. The van der Waals surface area contributed by atoms with Gasteiger partial charge in [-0.2, -0.15) is 0 Å². The van der Waals surface area contributed by atoms with Crippen LogP contribution in [0.3, 0.4) is 0 Å². The van der Waals surface area contributed by atoms with Crippen LogP contribution in [0.1, 0.15) is 25.5 Å². The van der Waals surface area contributed by atoms with Gasteiger partial charge in [0.15, 0.2) is 0 Å². The highest BCUT2D eigenvalue weighted by Gasteiger charge is 2.15. The number of carbonyl (C=O) groups is 2. The molecule has 0 bridgehead atoms. The summed E-state index contributed by atoms with van der Waals surface area (Å²) in [6.07, 6.45) is 1.21. The van der Waals surface area contributed by atoms with E-state index >= 15 is 0 Å². The van der Waals surface area contributed by atoms with Crippen LogP contribution < -0.4 is 16.2 Å². The van der Waals surface area contributed by atoms with Crippen molar-refractivity contribution in [1.82, 2.24) is 14.9 Å². The summed E-state index contributed by atoms with van der Waals surface area (Å²) in [5, 5.41) is 6.04. The third-order valence-corrected chi connectivity index (χ3v) is 4.73. The Kier molecular flexibility index (Phi) is 7.19. The molecule has 2 N–H and O–H groups in total. The minimum Gasteiger partial charge on any atom is -0.356 e. The molecule has 1 aromatic heterocycles. The highest BCUT2D eigenvalue weighted by molar-refractivity contribution is 6.30. The van der Waals surface area contributed by atoms with Crippen molar-refractivity contribution >= 4 is 40.1 Å². The summed E-state index contributed by atoms with van der Waals surface area (Å²) in [4.78, 5) is 42.0. The maximum atomic E-state index is 13.0. The van der Waals surface area contributed by atoms with Gasteiger partial charge in [0, 0.05) is 30.1 Å². The molecule has 0 saturated heterocycles. The van der Waals surface area contributed by atoms with Crippen LogP contribution >= 0.6 is 11.6 Å². The largest absolute Gasteiger partial charge is 0.356 e. The first-order valence-corrected chi connectivity index (χ1v) is 10.2. The van der Waals surface area contributed by atoms with Crippen LogP contribution in [-0.2, 0) is 22.6 Å². The van der Waals surface area contributed by atoms with Crippen molar-refractivity contribution in [2.75, 3.05) is 11.9 Å². The lowest BCUT2D eigenvalue weighted by atomic mass is 10.2. The molecule has 0 aliphatic heterocycles. The maximum absolute atomic E-state index is 13.0. The Hall–Kier alpha value is -3.19. The molecule has 0 fully saturated rings. The summed E-state index contributed by atoms with van der Waals surface area (Å²) in [7, 11) is 0. The zero-order chi connectivity index (χ0) is 21.5. The predicted molar refractivity (Wildman–Crippen MR) is 118 cm³/mol. The Labute approximate surface area is 179 Å². The van der Waals surface area contributed by atoms with Gasteiger partial charge in [0.2, 0.25) is 11.8 Å². The van der Waals surface area contributed by atoms with E-state index in [9.17, 15) is 14.4 Å². The van der Waals surface area contributed by atoms with Crippen molar-refractivity contribution in [2.45, 2.75) is 32.7 Å². The number of aromatic nitrogens is 2. The smallest absolute Gasteiger partial charge is 0.273 e. The van der Waals surface area contributed by atoms with E-state index in [0.717, 1.165) is 6.42 Å². The summed E-state index contributed by atoms with van der Waals surface area (Å²) >= 11 is 5.96. The molecule has 2 aromatic carbocycles. The van der Waals surface area contributed by atoms with Gasteiger partial charge in [0.1, 0.15) is 12.2 Å². The SMILES string of the molecule is CCCNC(=O)CCc1nc2ccccc2n(CC(=O)Nc2cccc(Cl)c2)c1=O. The molecule has 2 amide bonds. The molecule has 7 nitrogen and oxygen atoms in total. The molecule has 30 heavy (non-hydrogen) atoms. The normalized spacial score (nSPS) is 10.7. The molecule has 0 radical (unpaired) electrons. The summed E-state index contributed by atoms with van der Waals surface area (Å²) < 4.78 is 1.39. The number of nitrogens with one attached hydrogen (secondary N) is 2. The van der Waals surface area contributed by atoms with Gasteiger partial charge < -0.3 is 10.6 Å². The highest BCUT2D eigenvalue weighted by Crippen LogP contribution is 2.15. The van der Waals surface area contributed by atoms with Crippen molar-refractivity contribution < 1.29 is 9.59 Å². The molecule has 1 heterocycles. The fourth-order valence-electron chi connectivity index (χ4n) is 3.06. The first-order valence-electron chi connectivity index (χ1n) is 9.78. The second-order valence-electron chi connectivity index (χ2n) is 6.85. The van der Waals surface area contributed by atoms with Crippen LogP contribution in [0.15, 0.2) is 53.3 Å². The highest BCUT2D eigenvalue weighted by atomic mass is 35.5. The second kappa shape index (κ2) is 10.0. The summed E-state index contributed by atoms with van der Waals surface area (Å²) in [6.45, 7) is 2.39. The molecule has 156 valence electrons. The minimum absolute atomic E-state index is 0.128. The summed E-state index contributed by atoms with van der Waals surface area (Å²) in [5.74, 6) is -0.487. The Bertz CT molecular complexity index is 1130. The lowest BCUT2D eigenvalue weighted by molar-refractivity contribution is -0.121. The van der Waals surface area contributed by atoms with Crippen molar-refractivity contribution in [3.8, 4) is 0 Å². The number of halogens is 1. The van der Waals surface area contributed by atoms with E-state index < -0.39 is 0 Å². The molecule has 0 spiro atoms. The van der Waals surface area contributed by atoms with Gasteiger partial charge >= 0.3 is 0 Å². The molecular formula is C22H23ClN4O3. The van der Waals surface area contributed by atoms with Crippen LogP contribution in [0, 0.1) is 0 Å². The van der Waals surface area contributed by atoms with Crippen molar-refractivity contribution in [2.24, 2.45) is 0 Å². The van der Waals surface area contributed by atoms with Gasteiger partial charge in [-0.15, -0.1) is 0 Å². The lowest BCUT2D eigenvalue weighted by Crippen LogP contribution is -2.32. The van der Waals surface area contributed by atoms with Crippen molar-refractivity contribution in [3.63, 3.8) is 0 Å². The Balaban J connectivity index is 1.85. The number of anilines is 1. The zero-order valence-corrected chi connectivity index (χ0v) is 17.4. The summed E-state index contributed by atoms with van der Waals surface area (Å²) in [5.41, 5.74) is 1.58. The molecule has 0 unspecified atom stereocenters. The maximum Gasteiger partial charge on any atom is 0.273 e. The number of hydrogen-bond acceptors (Lipinski definition) is 4. The number of rotatable bonds is 8. The fraction of sp³-hybridized carbons (Fsp3) is 0.273. The minimum atomic E-state index is -0.377. The number of fused-ring (bicyclic) bond motifs is 1. The van der Waals surface area contributed by atoms with E-state index in [1.54, 1.807) is 42.5 Å². The monoisotopic (exact) mass is 426 g/mol. The Morgan fingerprint density at radius 2 is 1.90 bits per heavy atom. The van der Waals surface area contributed by atoms with E-state index in [1.807, 2.05) is 13.0 Å². The number of amides is 2. The Morgan fingerprint density at radius 3 is 2.67 bits per heavy atom. The third kappa shape index (κ3) is 5.45.